The Kier molecular flexibility index (Phi) is 4.31. The lowest BCUT2D eigenvalue weighted by Gasteiger charge is -2.22. The minimum Gasteiger partial charge on any atom is -0.497 e. The van der Waals surface area contributed by atoms with Crippen molar-refractivity contribution in [3.63, 3.8) is 0 Å². The van der Waals surface area contributed by atoms with Crippen LogP contribution in [-0.2, 0) is 11.2 Å². The van der Waals surface area contributed by atoms with E-state index in [0.29, 0.717) is 18.4 Å². The fourth-order valence-corrected chi connectivity index (χ4v) is 3.43. The molecule has 1 amide bonds. The van der Waals surface area contributed by atoms with Gasteiger partial charge in [-0.15, -0.1) is 0 Å². The number of likely N-dealkylation sites (tertiary alicyclic amines) is 1. The maximum atomic E-state index is 12.6. The Bertz CT molecular complexity index is 707. The summed E-state index contributed by atoms with van der Waals surface area (Å²) in [4.78, 5) is 16.8. The second-order valence-corrected chi connectivity index (χ2v) is 6.61. The number of hydrogen-bond acceptors (Lipinski definition) is 4. The highest BCUT2D eigenvalue weighted by atomic mass is 16.5. The molecule has 2 heterocycles. The van der Waals surface area contributed by atoms with E-state index in [1.807, 2.05) is 23.1 Å². The third kappa shape index (κ3) is 3.06. The molecule has 124 valence electrons. The smallest absolute Gasteiger partial charge is 0.227 e. The molecule has 0 aliphatic carbocycles. The molecule has 0 unspecified atom stereocenters. The molecule has 1 aliphatic heterocycles. The van der Waals surface area contributed by atoms with E-state index in [4.69, 9.17) is 9.15 Å². The molecule has 1 fully saturated rings. The quantitative estimate of drug-likeness (QED) is 0.869. The second-order valence-electron chi connectivity index (χ2n) is 6.61. The Morgan fingerprint density at radius 2 is 2.17 bits per heavy atom. The van der Waals surface area contributed by atoms with Crippen molar-refractivity contribution < 1.29 is 13.9 Å². The number of nitrogens with zero attached hydrogens (tertiary/aromatic N) is 2. The standard InChI is InChI=1S/C18H24N2O3/c1-12-9-20(10-16(12)19(2)3)18(21)7-13-11-23-17-8-14(22-4)5-6-15(13)17/h5-6,8,11-12,16H,7,9-10H2,1-4H3/t12-,16+/m1/s1. The topological polar surface area (TPSA) is 45.9 Å². The minimum atomic E-state index is 0.166. The minimum absolute atomic E-state index is 0.166. The van der Waals surface area contributed by atoms with Crippen LogP contribution in [0.5, 0.6) is 5.75 Å². The van der Waals surface area contributed by atoms with Crippen molar-refractivity contribution >= 4 is 16.9 Å². The molecule has 1 saturated heterocycles. The molecule has 23 heavy (non-hydrogen) atoms. The summed E-state index contributed by atoms with van der Waals surface area (Å²) >= 11 is 0. The molecule has 5 heteroatoms. The number of carbonyl (C=O) groups excluding carboxylic acids is 1. The number of likely N-dealkylation sites (N-methyl/N-ethyl adjacent to an activating group) is 1. The first-order valence-electron chi connectivity index (χ1n) is 7.98. The zero-order valence-corrected chi connectivity index (χ0v) is 14.2. The van der Waals surface area contributed by atoms with E-state index in [9.17, 15) is 4.79 Å². The summed E-state index contributed by atoms with van der Waals surface area (Å²) in [6.45, 7) is 3.83. The van der Waals surface area contributed by atoms with Gasteiger partial charge in [-0.3, -0.25) is 4.79 Å². The molecule has 2 atom stereocenters. The van der Waals surface area contributed by atoms with E-state index in [-0.39, 0.29) is 5.91 Å². The number of benzene rings is 1. The predicted molar refractivity (Wildman–Crippen MR) is 89.7 cm³/mol. The highest BCUT2D eigenvalue weighted by molar-refractivity contribution is 5.88. The van der Waals surface area contributed by atoms with Crippen LogP contribution in [-0.4, -0.2) is 56.0 Å². The van der Waals surface area contributed by atoms with Crippen LogP contribution in [0.3, 0.4) is 0 Å². The Balaban J connectivity index is 1.74. The summed E-state index contributed by atoms with van der Waals surface area (Å²) in [6, 6.07) is 6.13. The highest BCUT2D eigenvalue weighted by Crippen LogP contribution is 2.27. The van der Waals surface area contributed by atoms with Crippen LogP contribution in [0.1, 0.15) is 12.5 Å². The number of fused-ring (bicyclic) bond motifs is 1. The average molecular weight is 316 g/mol. The summed E-state index contributed by atoms with van der Waals surface area (Å²) < 4.78 is 10.8. The Morgan fingerprint density at radius 3 is 2.83 bits per heavy atom. The lowest BCUT2D eigenvalue weighted by molar-refractivity contribution is -0.129. The van der Waals surface area contributed by atoms with Gasteiger partial charge in [-0.2, -0.15) is 0 Å². The number of carbonyl (C=O) groups is 1. The van der Waals surface area contributed by atoms with Crippen LogP contribution < -0.4 is 4.74 Å². The molecule has 0 N–H and O–H groups in total. The molecule has 1 aromatic heterocycles. The summed E-state index contributed by atoms with van der Waals surface area (Å²) in [5.41, 5.74) is 1.70. The monoisotopic (exact) mass is 316 g/mol. The van der Waals surface area contributed by atoms with Gasteiger partial charge in [-0.25, -0.2) is 0 Å². The van der Waals surface area contributed by atoms with Crippen LogP contribution in [0.2, 0.25) is 0 Å². The van der Waals surface area contributed by atoms with Gasteiger partial charge in [0.1, 0.15) is 11.3 Å². The molecule has 0 saturated carbocycles. The zero-order valence-electron chi connectivity index (χ0n) is 14.2. The highest BCUT2D eigenvalue weighted by Gasteiger charge is 2.33. The largest absolute Gasteiger partial charge is 0.497 e. The summed E-state index contributed by atoms with van der Waals surface area (Å²) in [7, 11) is 5.78. The van der Waals surface area contributed by atoms with Crippen molar-refractivity contribution in [3.8, 4) is 5.75 Å². The molecule has 0 radical (unpaired) electrons. The van der Waals surface area contributed by atoms with Crippen molar-refractivity contribution in [3.05, 3.63) is 30.0 Å². The van der Waals surface area contributed by atoms with Gasteiger partial charge < -0.3 is 19.0 Å². The Hall–Kier alpha value is -2.01. The molecule has 0 bridgehead atoms. The van der Waals surface area contributed by atoms with E-state index in [1.54, 1.807) is 13.4 Å². The van der Waals surface area contributed by atoms with Gasteiger partial charge in [0, 0.05) is 36.1 Å². The van der Waals surface area contributed by atoms with Crippen molar-refractivity contribution in [2.45, 2.75) is 19.4 Å². The van der Waals surface area contributed by atoms with Crippen molar-refractivity contribution in [1.82, 2.24) is 9.80 Å². The van der Waals surface area contributed by atoms with E-state index in [1.165, 1.54) is 0 Å². The van der Waals surface area contributed by atoms with Gasteiger partial charge in [0.05, 0.1) is 19.8 Å². The van der Waals surface area contributed by atoms with Crippen molar-refractivity contribution in [2.75, 3.05) is 34.3 Å². The van der Waals surface area contributed by atoms with Gasteiger partial charge in [-0.1, -0.05) is 6.92 Å². The van der Waals surface area contributed by atoms with Gasteiger partial charge >= 0.3 is 0 Å². The van der Waals surface area contributed by atoms with Crippen LogP contribution in [0.4, 0.5) is 0 Å². The lowest BCUT2D eigenvalue weighted by Crippen LogP contribution is -2.36. The molecule has 2 aromatic rings. The summed E-state index contributed by atoms with van der Waals surface area (Å²) in [6.07, 6.45) is 2.07. The number of rotatable bonds is 4. The van der Waals surface area contributed by atoms with E-state index < -0.39 is 0 Å². The maximum absolute atomic E-state index is 12.6. The first-order valence-corrected chi connectivity index (χ1v) is 7.98. The number of ether oxygens (including phenoxy) is 1. The van der Waals surface area contributed by atoms with Crippen LogP contribution in [0, 0.1) is 5.92 Å². The molecular weight excluding hydrogens is 292 g/mol. The third-order valence-corrected chi connectivity index (χ3v) is 4.79. The van der Waals surface area contributed by atoms with Crippen LogP contribution >= 0.6 is 0 Å². The Labute approximate surface area is 136 Å². The fraction of sp³-hybridized carbons (Fsp3) is 0.500. The van der Waals surface area contributed by atoms with Gasteiger partial charge in [-0.05, 0) is 32.1 Å². The van der Waals surface area contributed by atoms with Crippen LogP contribution in [0.25, 0.3) is 11.0 Å². The average Bonchev–Trinajstić information content (AvgIpc) is 3.10. The number of methoxy groups -OCH3 is 1. The van der Waals surface area contributed by atoms with Crippen LogP contribution in [0.15, 0.2) is 28.9 Å². The summed E-state index contributed by atoms with van der Waals surface area (Å²) in [5.74, 6) is 1.42. The lowest BCUT2D eigenvalue weighted by atomic mass is 10.1. The van der Waals surface area contributed by atoms with Gasteiger partial charge in [0.2, 0.25) is 5.91 Å². The molecular formula is C18H24N2O3. The van der Waals surface area contributed by atoms with Crippen molar-refractivity contribution in [2.24, 2.45) is 5.92 Å². The molecule has 5 nitrogen and oxygen atoms in total. The number of amides is 1. The predicted octanol–water partition coefficient (Wildman–Crippen LogP) is 2.39. The maximum Gasteiger partial charge on any atom is 0.227 e. The number of furan rings is 1. The fourth-order valence-electron chi connectivity index (χ4n) is 3.43. The molecule has 0 spiro atoms. The first-order chi connectivity index (χ1) is 11.0. The molecule has 3 rings (SSSR count). The van der Waals surface area contributed by atoms with E-state index in [0.717, 1.165) is 35.4 Å². The zero-order chi connectivity index (χ0) is 16.6. The third-order valence-electron chi connectivity index (χ3n) is 4.79. The second kappa shape index (κ2) is 6.24. The van der Waals surface area contributed by atoms with Gasteiger partial charge in [0.25, 0.3) is 0 Å². The Morgan fingerprint density at radius 1 is 1.39 bits per heavy atom. The molecule has 1 aromatic carbocycles. The van der Waals surface area contributed by atoms with Crippen molar-refractivity contribution in [1.29, 1.82) is 0 Å². The van der Waals surface area contributed by atoms with E-state index in [2.05, 4.69) is 25.9 Å². The summed E-state index contributed by atoms with van der Waals surface area (Å²) in [5, 5.41) is 0.982. The normalized spacial score (nSPS) is 21.3. The first kappa shape index (κ1) is 15.9. The molecule has 1 aliphatic rings. The number of hydrogen-bond donors (Lipinski definition) is 0. The van der Waals surface area contributed by atoms with E-state index >= 15 is 0 Å². The van der Waals surface area contributed by atoms with Gasteiger partial charge in [0.15, 0.2) is 0 Å². The SMILES string of the molecule is COc1ccc2c(CC(=O)N3C[C@@H](C)[C@@H](N(C)C)C3)coc2c1.